The molecular weight excluding hydrogens is 244 g/mol. The molecule has 1 fully saturated rings. The molecule has 0 bridgehead atoms. The van der Waals surface area contributed by atoms with E-state index in [9.17, 15) is 4.79 Å². The van der Waals surface area contributed by atoms with Crippen LogP contribution in [-0.2, 0) is 16.8 Å². The lowest BCUT2D eigenvalue weighted by atomic mass is 9.79. The highest BCUT2D eigenvalue weighted by molar-refractivity contribution is 7.10. The van der Waals surface area contributed by atoms with Crippen molar-refractivity contribution >= 4 is 17.2 Å². The van der Waals surface area contributed by atoms with Crippen molar-refractivity contribution in [2.45, 2.75) is 56.5 Å². The van der Waals surface area contributed by atoms with Gasteiger partial charge in [0.1, 0.15) is 5.54 Å². The first-order valence-corrected chi connectivity index (χ1v) is 7.75. The largest absolute Gasteiger partial charge is 0.368 e. The normalized spacial score (nSPS) is 28.2. The highest BCUT2D eigenvalue weighted by atomic mass is 32.1. The van der Waals surface area contributed by atoms with E-state index in [1.807, 2.05) is 0 Å². The first-order chi connectivity index (χ1) is 8.72. The van der Waals surface area contributed by atoms with Gasteiger partial charge in [-0.25, -0.2) is 0 Å². The molecule has 0 aliphatic heterocycles. The molecule has 18 heavy (non-hydrogen) atoms. The first kappa shape index (κ1) is 12.2. The van der Waals surface area contributed by atoms with Gasteiger partial charge in [-0.1, -0.05) is 12.8 Å². The van der Waals surface area contributed by atoms with E-state index < -0.39 is 5.54 Å². The van der Waals surface area contributed by atoms with Crippen molar-refractivity contribution in [1.29, 1.82) is 0 Å². The van der Waals surface area contributed by atoms with Crippen LogP contribution in [0.5, 0.6) is 0 Å². The second-order valence-corrected chi connectivity index (χ2v) is 6.51. The van der Waals surface area contributed by atoms with Gasteiger partial charge in [0.2, 0.25) is 5.91 Å². The first-order valence-electron chi connectivity index (χ1n) is 6.87. The number of primary amides is 1. The molecule has 3 N–H and O–H groups in total. The third-order valence-electron chi connectivity index (χ3n) is 4.39. The van der Waals surface area contributed by atoms with Crippen molar-refractivity contribution < 1.29 is 4.79 Å². The minimum atomic E-state index is -0.595. The number of carbonyl (C=O) groups excluding carboxylic acids is 1. The van der Waals surface area contributed by atoms with E-state index in [-0.39, 0.29) is 5.91 Å². The summed E-state index contributed by atoms with van der Waals surface area (Å²) in [6.45, 7) is 0. The van der Waals surface area contributed by atoms with Gasteiger partial charge in [0.25, 0.3) is 0 Å². The number of amides is 1. The fraction of sp³-hybridized carbons (Fsp3) is 0.643. The average Bonchev–Trinajstić information content (AvgIpc) is 2.99. The molecular formula is C14H20N2OS. The Morgan fingerprint density at radius 2 is 2.17 bits per heavy atom. The molecule has 1 saturated carbocycles. The predicted octanol–water partition coefficient (Wildman–Crippen LogP) is 2.30. The molecule has 1 aromatic heterocycles. The van der Waals surface area contributed by atoms with Crippen LogP contribution in [0.15, 0.2) is 11.4 Å². The van der Waals surface area contributed by atoms with Gasteiger partial charge in [0.15, 0.2) is 0 Å². The summed E-state index contributed by atoms with van der Waals surface area (Å²) in [6.07, 6.45) is 7.88. The standard InChI is InChI=1S/C14H20N2OS/c15-13(17)14(16-10-4-1-2-5-10)8-3-6-12-11(14)7-9-18-12/h7,9-10,16H,1-6,8H2,(H2,15,17). The molecule has 2 aliphatic rings. The fourth-order valence-electron chi connectivity index (χ4n) is 3.46. The third-order valence-corrected chi connectivity index (χ3v) is 5.37. The Labute approximate surface area is 112 Å². The molecule has 1 atom stereocenters. The zero-order valence-corrected chi connectivity index (χ0v) is 11.4. The van der Waals surface area contributed by atoms with Gasteiger partial charge in [0.05, 0.1) is 0 Å². The molecule has 1 amide bonds. The number of fused-ring (bicyclic) bond motifs is 1. The molecule has 1 unspecified atom stereocenters. The van der Waals surface area contributed by atoms with E-state index in [2.05, 4.69) is 16.8 Å². The van der Waals surface area contributed by atoms with E-state index in [0.29, 0.717) is 6.04 Å². The molecule has 0 radical (unpaired) electrons. The van der Waals surface area contributed by atoms with Gasteiger partial charge >= 0.3 is 0 Å². The number of nitrogens with two attached hydrogens (primary N) is 1. The zero-order valence-electron chi connectivity index (χ0n) is 10.6. The Balaban J connectivity index is 1.95. The van der Waals surface area contributed by atoms with E-state index in [4.69, 9.17) is 5.73 Å². The highest BCUT2D eigenvalue weighted by Gasteiger charge is 2.44. The number of aryl methyl sites for hydroxylation is 1. The van der Waals surface area contributed by atoms with Crippen LogP contribution in [0.3, 0.4) is 0 Å². The van der Waals surface area contributed by atoms with Gasteiger partial charge in [-0.15, -0.1) is 11.3 Å². The maximum Gasteiger partial charge on any atom is 0.242 e. The van der Waals surface area contributed by atoms with Crippen LogP contribution in [0, 0.1) is 0 Å². The quantitative estimate of drug-likeness (QED) is 0.880. The van der Waals surface area contributed by atoms with Crippen LogP contribution in [0.4, 0.5) is 0 Å². The number of hydrogen-bond acceptors (Lipinski definition) is 3. The molecule has 4 heteroatoms. The Hall–Kier alpha value is -0.870. The summed E-state index contributed by atoms with van der Waals surface area (Å²) in [4.78, 5) is 13.4. The predicted molar refractivity (Wildman–Crippen MR) is 73.5 cm³/mol. The maximum atomic E-state index is 12.1. The lowest BCUT2D eigenvalue weighted by Crippen LogP contribution is -2.56. The van der Waals surface area contributed by atoms with Crippen LogP contribution < -0.4 is 11.1 Å². The molecule has 3 rings (SSSR count). The topological polar surface area (TPSA) is 55.1 Å². The van der Waals surface area contributed by atoms with E-state index >= 15 is 0 Å². The van der Waals surface area contributed by atoms with E-state index in [0.717, 1.165) is 24.8 Å². The molecule has 0 saturated heterocycles. The van der Waals surface area contributed by atoms with Crippen molar-refractivity contribution in [3.05, 3.63) is 21.9 Å². The molecule has 1 aromatic rings. The van der Waals surface area contributed by atoms with Gasteiger partial charge in [0, 0.05) is 10.9 Å². The minimum absolute atomic E-state index is 0.200. The van der Waals surface area contributed by atoms with Gasteiger partial charge in [-0.05, 0) is 49.1 Å². The van der Waals surface area contributed by atoms with Crippen LogP contribution >= 0.6 is 11.3 Å². The summed E-state index contributed by atoms with van der Waals surface area (Å²) in [5.74, 6) is -0.200. The van der Waals surface area contributed by atoms with Gasteiger partial charge in [-0.3, -0.25) is 10.1 Å². The summed E-state index contributed by atoms with van der Waals surface area (Å²) in [7, 11) is 0. The van der Waals surface area contributed by atoms with Crippen molar-refractivity contribution in [2.24, 2.45) is 5.73 Å². The second kappa shape index (κ2) is 4.67. The molecule has 3 nitrogen and oxygen atoms in total. The Morgan fingerprint density at radius 3 is 2.89 bits per heavy atom. The highest BCUT2D eigenvalue weighted by Crippen LogP contribution is 2.39. The smallest absolute Gasteiger partial charge is 0.242 e. The van der Waals surface area contributed by atoms with Crippen molar-refractivity contribution in [2.75, 3.05) is 0 Å². The monoisotopic (exact) mass is 264 g/mol. The van der Waals surface area contributed by atoms with Crippen LogP contribution in [-0.4, -0.2) is 11.9 Å². The van der Waals surface area contributed by atoms with Crippen molar-refractivity contribution in [1.82, 2.24) is 5.32 Å². The summed E-state index contributed by atoms with van der Waals surface area (Å²) < 4.78 is 0. The lowest BCUT2D eigenvalue weighted by molar-refractivity contribution is -0.125. The number of thiophene rings is 1. The molecule has 0 aromatic carbocycles. The van der Waals surface area contributed by atoms with Crippen LogP contribution in [0.1, 0.15) is 49.0 Å². The molecule has 98 valence electrons. The Kier molecular flexibility index (Phi) is 3.16. The average molecular weight is 264 g/mol. The fourth-order valence-corrected chi connectivity index (χ4v) is 4.46. The minimum Gasteiger partial charge on any atom is -0.368 e. The van der Waals surface area contributed by atoms with Gasteiger partial charge < -0.3 is 5.73 Å². The second-order valence-electron chi connectivity index (χ2n) is 5.51. The van der Waals surface area contributed by atoms with Crippen LogP contribution in [0.25, 0.3) is 0 Å². The van der Waals surface area contributed by atoms with E-state index in [1.54, 1.807) is 11.3 Å². The summed E-state index contributed by atoms with van der Waals surface area (Å²) in [6, 6.07) is 2.55. The SMILES string of the molecule is NC(=O)C1(NC2CCCC2)CCCc2sccc21. The summed E-state index contributed by atoms with van der Waals surface area (Å²) in [5.41, 5.74) is 6.31. The summed E-state index contributed by atoms with van der Waals surface area (Å²) >= 11 is 1.76. The van der Waals surface area contributed by atoms with Crippen molar-refractivity contribution in [3.8, 4) is 0 Å². The van der Waals surface area contributed by atoms with Crippen LogP contribution in [0.2, 0.25) is 0 Å². The van der Waals surface area contributed by atoms with E-state index in [1.165, 1.54) is 30.6 Å². The number of rotatable bonds is 3. The number of hydrogen-bond donors (Lipinski definition) is 2. The zero-order chi connectivity index (χ0) is 12.6. The lowest BCUT2D eigenvalue weighted by Gasteiger charge is -2.38. The van der Waals surface area contributed by atoms with Crippen molar-refractivity contribution in [3.63, 3.8) is 0 Å². The van der Waals surface area contributed by atoms with Gasteiger partial charge in [-0.2, -0.15) is 0 Å². The Bertz CT molecular complexity index is 450. The molecule has 1 heterocycles. The summed E-state index contributed by atoms with van der Waals surface area (Å²) in [5, 5.41) is 5.69. The molecule has 0 spiro atoms. The molecule has 2 aliphatic carbocycles. The Morgan fingerprint density at radius 1 is 1.39 bits per heavy atom. The number of nitrogens with one attached hydrogen (secondary N) is 1. The number of carbonyl (C=O) groups is 1. The maximum absolute atomic E-state index is 12.1. The third kappa shape index (κ3) is 1.88.